The summed E-state index contributed by atoms with van der Waals surface area (Å²) >= 11 is 0. The molecule has 2 aromatic carbocycles. The van der Waals surface area contributed by atoms with Gasteiger partial charge in [-0.15, -0.1) is 0 Å². The number of carbonyl (C=O) groups excluding carboxylic acids is 3. The molecule has 4 heterocycles. The zero-order valence-corrected chi connectivity index (χ0v) is 20.1. The minimum atomic E-state index is -0.465. The van der Waals surface area contributed by atoms with Gasteiger partial charge in [-0.1, -0.05) is 48.5 Å². The van der Waals surface area contributed by atoms with Crippen LogP contribution < -0.4 is 5.32 Å². The molecule has 0 radical (unpaired) electrons. The number of ether oxygens (including phenoxy) is 1. The summed E-state index contributed by atoms with van der Waals surface area (Å²) in [6.45, 7) is 1.31. The number of hydrogen-bond donors (Lipinski definition) is 2. The molecule has 3 aromatic rings. The van der Waals surface area contributed by atoms with Crippen molar-refractivity contribution >= 4 is 28.8 Å². The van der Waals surface area contributed by atoms with Crippen LogP contribution in [0.25, 0.3) is 10.9 Å². The van der Waals surface area contributed by atoms with Gasteiger partial charge < -0.3 is 24.8 Å². The number of nitrogens with zero attached hydrogens (tertiary/aromatic N) is 2. The maximum absolute atomic E-state index is 13.6. The molecule has 8 heteroatoms. The molecular weight excluding hydrogens is 456 g/mol. The van der Waals surface area contributed by atoms with Crippen molar-refractivity contribution in [1.29, 1.82) is 0 Å². The highest BCUT2D eigenvalue weighted by Crippen LogP contribution is 2.43. The third kappa shape index (κ3) is 3.90. The second-order valence-corrected chi connectivity index (χ2v) is 9.86. The summed E-state index contributed by atoms with van der Waals surface area (Å²) in [7, 11) is 0. The Morgan fingerprint density at radius 2 is 1.83 bits per heavy atom. The molecule has 0 unspecified atom stereocenters. The highest BCUT2D eigenvalue weighted by molar-refractivity contribution is 5.99. The van der Waals surface area contributed by atoms with Crippen LogP contribution in [0.4, 0.5) is 4.79 Å². The van der Waals surface area contributed by atoms with Crippen molar-refractivity contribution in [3.05, 3.63) is 71.4 Å². The van der Waals surface area contributed by atoms with Crippen LogP contribution in [0.2, 0.25) is 0 Å². The fraction of sp³-hybridized carbons (Fsp3) is 0.393. The Morgan fingerprint density at radius 1 is 1.03 bits per heavy atom. The van der Waals surface area contributed by atoms with Gasteiger partial charge in [0.15, 0.2) is 0 Å². The molecule has 3 atom stereocenters. The van der Waals surface area contributed by atoms with E-state index in [0.29, 0.717) is 32.4 Å². The maximum Gasteiger partial charge on any atom is 0.407 e. The molecule has 3 aliphatic rings. The van der Waals surface area contributed by atoms with E-state index in [-0.39, 0.29) is 30.5 Å². The Morgan fingerprint density at radius 3 is 2.69 bits per heavy atom. The zero-order chi connectivity index (χ0) is 24.6. The van der Waals surface area contributed by atoms with E-state index in [1.54, 1.807) is 4.90 Å². The predicted octanol–water partition coefficient (Wildman–Crippen LogP) is 3.67. The topological polar surface area (TPSA) is 94.7 Å². The molecule has 8 nitrogen and oxygen atoms in total. The lowest BCUT2D eigenvalue weighted by atomic mass is 9.86. The van der Waals surface area contributed by atoms with Gasteiger partial charge in [0.25, 0.3) is 0 Å². The molecule has 1 aromatic heterocycles. The number of fused-ring (bicyclic) bond motifs is 5. The number of aromatic nitrogens is 1. The molecule has 0 saturated carbocycles. The van der Waals surface area contributed by atoms with Gasteiger partial charge in [-0.2, -0.15) is 0 Å². The summed E-state index contributed by atoms with van der Waals surface area (Å²) in [6, 6.07) is 16.6. The smallest absolute Gasteiger partial charge is 0.407 e. The number of hydrogen-bond acceptors (Lipinski definition) is 4. The van der Waals surface area contributed by atoms with Crippen molar-refractivity contribution in [2.45, 2.75) is 56.8 Å². The van der Waals surface area contributed by atoms with E-state index >= 15 is 0 Å². The number of aromatic amines is 1. The number of amides is 3. The number of para-hydroxylation sites is 1. The van der Waals surface area contributed by atoms with E-state index in [0.717, 1.165) is 40.6 Å². The molecule has 2 saturated heterocycles. The van der Waals surface area contributed by atoms with Gasteiger partial charge in [-0.25, -0.2) is 4.79 Å². The summed E-state index contributed by atoms with van der Waals surface area (Å²) in [5.41, 5.74) is 4.11. The van der Waals surface area contributed by atoms with Crippen LogP contribution in [-0.2, 0) is 27.4 Å². The van der Waals surface area contributed by atoms with Crippen LogP contribution in [0, 0.1) is 0 Å². The molecule has 0 spiro atoms. The molecule has 2 N–H and O–H groups in total. The van der Waals surface area contributed by atoms with Gasteiger partial charge in [0.2, 0.25) is 11.8 Å². The number of rotatable bonds is 6. The normalized spacial score (nSPS) is 22.8. The van der Waals surface area contributed by atoms with Crippen LogP contribution in [0.1, 0.15) is 48.5 Å². The van der Waals surface area contributed by atoms with E-state index in [2.05, 4.69) is 16.4 Å². The lowest BCUT2D eigenvalue weighted by Crippen LogP contribution is -2.65. The Hall–Kier alpha value is -3.81. The first-order valence-electron chi connectivity index (χ1n) is 12.8. The standard InChI is InChI=1S/C28H30N4O4/c33-26-24-16-20-19-10-4-5-11-21(19)30-25(20)22(32(24)27(34)23-13-7-15-31(23)26)12-6-14-29-28(35)36-17-18-8-2-1-3-9-18/h1-5,8-11,22-24,30H,6-7,12-17H2,(H,29,35)/t22-,23-,24-/m0/s1. The van der Waals surface area contributed by atoms with Crippen molar-refractivity contribution in [3.8, 4) is 0 Å². The van der Waals surface area contributed by atoms with Crippen molar-refractivity contribution < 1.29 is 19.1 Å². The molecule has 2 fully saturated rings. The average molecular weight is 487 g/mol. The highest BCUT2D eigenvalue weighted by atomic mass is 16.5. The van der Waals surface area contributed by atoms with Crippen LogP contribution >= 0.6 is 0 Å². The Labute approximate surface area is 209 Å². The number of piperazine rings is 1. The SMILES string of the molecule is O=C(NCCC[C@H]1c2[nH]c3ccccc3c2C[C@H]2C(=O)N3CCC[C@H]3C(=O)N21)OCc1ccccc1. The van der Waals surface area contributed by atoms with Crippen LogP contribution in [0.3, 0.4) is 0 Å². The van der Waals surface area contributed by atoms with Gasteiger partial charge in [-0.3, -0.25) is 9.59 Å². The monoisotopic (exact) mass is 486 g/mol. The minimum absolute atomic E-state index is 0.0571. The average Bonchev–Trinajstić information content (AvgIpc) is 3.54. The van der Waals surface area contributed by atoms with Gasteiger partial charge in [0.05, 0.1) is 6.04 Å². The fourth-order valence-corrected chi connectivity index (χ4v) is 6.08. The van der Waals surface area contributed by atoms with E-state index in [1.807, 2.05) is 53.4 Å². The molecule has 0 bridgehead atoms. The van der Waals surface area contributed by atoms with Gasteiger partial charge in [0.1, 0.15) is 18.7 Å². The number of carbonyl (C=O) groups is 3. The van der Waals surface area contributed by atoms with E-state index in [4.69, 9.17) is 4.74 Å². The lowest BCUT2D eigenvalue weighted by Gasteiger charge is -2.48. The molecule has 6 rings (SSSR count). The fourth-order valence-electron chi connectivity index (χ4n) is 6.08. The Balaban J connectivity index is 1.18. The first-order chi connectivity index (χ1) is 17.6. The Bertz CT molecular complexity index is 1300. The third-order valence-electron chi connectivity index (χ3n) is 7.75. The van der Waals surface area contributed by atoms with Crippen LogP contribution in [0.5, 0.6) is 0 Å². The second kappa shape index (κ2) is 9.33. The minimum Gasteiger partial charge on any atom is -0.445 e. The first-order valence-corrected chi connectivity index (χ1v) is 12.8. The predicted molar refractivity (Wildman–Crippen MR) is 134 cm³/mol. The van der Waals surface area contributed by atoms with Gasteiger partial charge in [0, 0.05) is 36.1 Å². The van der Waals surface area contributed by atoms with E-state index in [9.17, 15) is 14.4 Å². The van der Waals surface area contributed by atoms with Crippen molar-refractivity contribution in [1.82, 2.24) is 20.1 Å². The number of benzene rings is 2. The van der Waals surface area contributed by atoms with Crippen molar-refractivity contribution in [2.24, 2.45) is 0 Å². The van der Waals surface area contributed by atoms with Gasteiger partial charge >= 0.3 is 6.09 Å². The van der Waals surface area contributed by atoms with E-state index < -0.39 is 12.1 Å². The van der Waals surface area contributed by atoms with Crippen LogP contribution in [0.15, 0.2) is 54.6 Å². The molecule has 186 valence electrons. The zero-order valence-electron chi connectivity index (χ0n) is 20.1. The summed E-state index contributed by atoms with van der Waals surface area (Å²) in [4.78, 5) is 46.4. The van der Waals surface area contributed by atoms with E-state index in [1.165, 1.54) is 0 Å². The largest absolute Gasteiger partial charge is 0.445 e. The number of H-pyrrole nitrogens is 1. The highest BCUT2D eigenvalue weighted by Gasteiger charge is 2.52. The number of alkyl carbamates (subject to hydrolysis) is 1. The first kappa shape index (κ1) is 22.6. The molecule has 0 aliphatic carbocycles. The number of nitrogens with one attached hydrogen (secondary N) is 2. The summed E-state index contributed by atoms with van der Waals surface area (Å²) in [5, 5.41) is 3.94. The summed E-state index contributed by atoms with van der Waals surface area (Å²) in [5.74, 6) is 0.127. The summed E-state index contributed by atoms with van der Waals surface area (Å²) in [6.07, 6.45) is 2.97. The molecule has 3 aliphatic heterocycles. The van der Waals surface area contributed by atoms with Gasteiger partial charge in [-0.05, 0) is 42.9 Å². The van der Waals surface area contributed by atoms with Crippen molar-refractivity contribution in [3.63, 3.8) is 0 Å². The molecule has 36 heavy (non-hydrogen) atoms. The molecule has 3 amide bonds. The van der Waals surface area contributed by atoms with Crippen molar-refractivity contribution in [2.75, 3.05) is 13.1 Å². The summed E-state index contributed by atoms with van der Waals surface area (Å²) < 4.78 is 5.31. The lowest BCUT2D eigenvalue weighted by molar-refractivity contribution is -0.163. The molecular formula is C28H30N4O4. The quantitative estimate of drug-likeness (QED) is 0.520. The Kier molecular flexibility index (Phi) is 5.87. The van der Waals surface area contributed by atoms with Crippen LogP contribution in [-0.4, -0.2) is 57.9 Å². The maximum atomic E-state index is 13.6. The second-order valence-electron chi connectivity index (χ2n) is 9.86. The third-order valence-corrected chi connectivity index (χ3v) is 7.75.